The van der Waals surface area contributed by atoms with Crippen molar-refractivity contribution in [3.63, 3.8) is 0 Å². The molecule has 92 valence electrons. The number of anilines is 1. The maximum Gasteiger partial charge on any atom is 0.243 e. The van der Waals surface area contributed by atoms with Crippen LogP contribution in [0, 0.1) is 0 Å². The molecule has 0 aromatic heterocycles. The maximum absolute atomic E-state index is 11.7. The van der Waals surface area contributed by atoms with E-state index in [-0.39, 0.29) is 5.91 Å². The molecule has 3 nitrogen and oxygen atoms in total. The number of hydrogen-bond acceptors (Lipinski definition) is 3. The second-order valence-corrected chi connectivity index (χ2v) is 6.24. The summed E-state index contributed by atoms with van der Waals surface area (Å²) in [6.45, 7) is 0. The van der Waals surface area contributed by atoms with Crippen molar-refractivity contribution >= 4 is 39.3 Å². The van der Waals surface area contributed by atoms with Crippen LogP contribution >= 0.6 is 27.7 Å². The molecule has 0 atom stereocenters. The zero-order chi connectivity index (χ0) is 12.3. The lowest BCUT2D eigenvalue weighted by Crippen LogP contribution is -2.52. The van der Waals surface area contributed by atoms with Crippen LogP contribution in [0.25, 0.3) is 0 Å². The highest BCUT2D eigenvalue weighted by atomic mass is 79.9. The number of benzene rings is 1. The van der Waals surface area contributed by atoms with Gasteiger partial charge in [-0.15, -0.1) is 0 Å². The summed E-state index contributed by atoms with van der Waals surface area (Å²) < 4.78 is 0.957. The molecule has 1 aliphatic rings. The predicted molar refractivity (Wildman–Crippen MR) is 76.2 cm³/mol. The summed E-state index contributed by atoms with van der Waals surface area (Å²) in [7, 11) is 0. The zero-order valence-corrected chi connectivity index (χ0v) is 11.8. The van der Waals surface area contributed by atoms with E-state index in [1.54, 1.807) is 0 Å². The van der Waals surface area contributed by atoms with E-state index in [1.165, 1.54) is 0 Å². The van der Waals surface area contributed by atoms with Gasteiger partial charge in [-0.2, -0.15) is 11.8 Å². The fourth-order valence-electron chi connectivity index (χ4n) is 1.97. The van der Waals surface area contributed by atoms with Gasteiger partial charge < -0.3 is 11.1 Å². The van der Waals surface area contributed by atoms with Crippen LogP contribution in [-0.2, 0) is 4.79 Å². The van der Waals surface area contributed by atoms with Crippen LogP contribution in [0.4, 0.5) is 5.69 Å². The minimum Gasteiger partial charge on any atom is -0.370 e. The van der Waals surface area contributed by atoms with E-state index in [9.17, 15) is 4.79 Å². The van der Waals surface area contributed by atoms with E-state index in [2.05, 4.69) is 21.2 Å². The molecule has 1 amide bonds. The van der Waals surface area contributed by atoms with Crippen LogP contribution < -0.4 is 11.1 Å². The van der Waals surface area contributed by atoms with Gasteiger partial charge in [0.05, 0.1) is 0 Å². The Balaban J connectivity index is 2.24. The Hall–Kier alpha value is -0.680. The number of halogens is 1. The lowest BCUT2D eigenvalue weighted by molar-refractivity contribution is -0.122. The van der Waals surface area contributed by atoms with Crippen molar-refractivity contribution in [3.8, 4) is 0 Å². The van der Waals surface area contributed by atoms with Crippen molar-refractivity contribution in [2.24, 2.45) is 5.73 Å². The molecule has 1 aliphatic heterocycles. The van der Waals surface area contributed by atoms with Crippen molar-refractivity contribution in [3.05, 3.63) is 28.7 Å². The molecule has 0 bridgehead atoms. The zero-order valence-electron chi connectivity index (χ0n) is 9.41. The van der Waals surface area contributed by atoms with E-state index < -0.39 is 5.54 Å². The van der Waals surface area contributed by atoms with Gasteiger partial charge in [0.25, 0.3) is 0 Å². The van der Waals surface area contributed by atoms with Crippen LogP contribution in [0.15, 0.2) is 28.7 Å². The van der Waals surface area contributed by atoms with Crippen molar-refractivity contribution in [2.75, 3.05) is 16.8 Å². The number of hydrogen-bond donors (Lipinski definition) is 2. The number of para-hydroxylation sites is 1. The number of amides is 1. The first-order chi connectivity index (χ1) is 8.14. The van der Waals surface area contributed by atoms with Crippen LogP contribution in [0.3, 0.4) is 0 Å². The Kier molecular flexibility index (Phi) is 3.99. The van der Waals surface area contributed by atoms with Crippen molar-refractivity contribution < 1.29 is 4.79 Å². The SMILES string of the molecule is NC(=O)C1(Nc2ccccc2Br)CCSCC1. The first kappa shape index (κ1) is 12.8. The number of primary amides is 1. The summed E-state index contributed by atoms with van der Waals surface area (Å²) in [6, 6.07) is 7.80. The number of carbonyl (C=O) groups excluding carboxylic acids is 1. The van der Waals surface area contributed by atoms with E-state index in [0.717, 1.165) is 34.5 Å². The van der Waals surface area contributed by atoms with Gasteiger partial charge in [-0.25, -0.2) is 0 Å². The van der Waals surface area contributed by atoms with Gasteiger partial charge in [0.15, 0.2) is 0 Å². The molecule has 1 heterocycles. The highest BCUT2D eigenvalue weighted by molar-refractivity contribution is 9.10. The number of rotatable bonds is 3. The van der Waals surface area contributed by atoms with Crippen LogP contribution in [0.2, 0.25) is 0 Å². The fraction of sp³-hybridized carbons (Fsp3) is 0.417. The largest absolute Gasteiger partial charge is 0.370 e. The quantitative estimate of drug-likeness (QED) is 0.901. The number of carbonyl (C=O) groups is 1. The molecule has 1 aromatic rings. The summed E-state index contributed by atoms with van der Waals surface area (Å²) in [5, 5.41) is 3.33. The van der Waals surface area contributed by atoms with Crippen LogP contribution in [0.1, 0.15) is 12.8 Å². The molecule has 0 aliphatic carbocycles. The molecule has 0 radical (unpaired) electrons. The maximum atomic E-state index is 11.7. The standard InChI is InChI=1S/C12H15BrN2OS/c13-9-3-1-2-4-10(9)15-12(11(14)16)5-7-17-8-6-12/h1-4,15H,5-8H2,(H2,14,16). The van der Waals surface area contributed by atoms with E-state index in [4.69, 9.17) is 5.73 Å². The minimum absolute atomic E-state index is 0.256. The van der Waals surface area contributed by atoms with Crippen molar-refractivity contribution in [1.29, 1.82) is 0 Å². The van der Waals surface area contributed by atoms with E-state index in [1.807, 2.05) is 36.0 Å². The van der Waals surface area contributed by atoms with Crippen molar-refractivity contribution in [2.45, 2.75) is 18.4 Å². The molecular weight excluding hydrogens is 300 g/mol. The molecule has 1 fully saturated rings. The summed E-state index contributed by atoms with van der Waals surface area (Å²) in [5.41, 5.74) is 5.91. The average molecular weight is 315 g/mol. The van der Waals surface area contributed by atoms with E-state index in [0.29, 0.717) is 0 Å². The number of nitrogens with two attached hydrogens (primary N) is 1. The Bertz CT molecular complexity index is 419. The summed E-state index contributed by atoms with van der Waals surface area (Å²) in [6.07, 6.45) is 1.57. The first-order valence-corrected chi connectivity index (χ1v) is 7.49. The highest BCUT2D eigenvalue weighted by Gasteiger charge is 2.38. The third-order valence-corrected chi connectivity index (χ3v) is 4.74. The van der Waals surface area contributed by atoms with Crippen molar-refractivity contribution in [1.82, 2.24) is 0 Å². The molecule has 3 N–H and O–H groups in total. The lowest BCUT2D eigenvalue weighted by Gasteiger charge is -2.36. The van der Waals surface area contributed by atoms with Gasteiger partial charge in [0.1, 0.15) is 5.54 Å². The molecule has 5 heteroatoms. The monoisotopic (exact) mass is 314 g/mol. The van der Waals surface area contributed by atoms with Crippen LogP contribution in [-0.4, -0.2) is 23.0 Å². The lowest BCUT2D eigenvalue weighted by atomic mass is 9.91. The van der Waals surface area contributed by atoms with E-state index >= 15 is 0 Å². The van der Waals surface area contributed by atoms with Gasteiger partial charge in [0, 0.05) is 10.2 Å². The average Bonchev–Trinajstić information content (AvgIpc) is 2.33. The Morgan fingerprint density at radius 2 is 2.00 bits per heavy atom. The van der Waals surface area contributed by atoms with Gasteiger partial charge in [0.2, 0.25) is 5.91 Å². The highest BCUT2D eigenvalue weighted by Crippen LogP contribution is 2.33. The fourth-order valence-corrected chi connectivity index (χ4v) is 3.55. The molecule has 0 unspecified atom stereocenters. The Labute approximate surface area is 114 Å². The molecule has 0 saturated carbocycles. The third-order valence-electron chi connectivity index (χ3n) is 3.07. The molecule has 1 saturated heterocycles. The summed E-state index contributed by atoms with van der Waals surface area (Å²) >= 11 is 5.35. The molecular formula is C12H15BrN2OS. The second-order valence-electron chi connectivity index (χ2n) is 4.16. The molecule has 17 heavy (non-hydrogen) atoms. The van der Waals surface area contributed by atoms with Gasteiger partial charge >= 0.3 is 0 Å². The van der Waals surface area contributed by atoms with Gasteiger partial charge in [-0.05, 0) is 52.4 Å². The predicted octanol–water partition coefficient (Wildman–Crippen LogP) is 2.61. The number of nitrogens with one attached hydrogen (secondary N) is 1. The third kappa shape index (κ3) is 2.77. The Morgan fingerprint density at radius 1 is 1.35 bits per heavy atom. The van der Waals surface area contributed by atoms with Gasteiger partial charge in [-0.1, -0.05) is 12.1 Å². The minimum atomic E-state index is -0.588. The topological polar surface area (TPSA) is 55.1 Å². The summed E-state index contributed by atoms with van der Waals surface area (Å²) in [4.78, 5) is 11.7. The smallest absolute Gasteiger partial charge is 0.243 e. The normalized spacial score (nSPS) is 18.6. The second kappa shape index (κ2) is 5.31. The molecule has 2 rings (SSSR count). The number of thioether (sulfide) groups is 1. The summed E-state index contributed by atoms with van der Waals surface area (Å²) in [5.74, 6) is 1.69. The first-order valence-electron chi connectivity index (χ1n) is 5.54. The van der Waals surface area contributed by atoms with Gasteiger partial charge in [-0.3, -0.25) is 4.79 Å². The molecule has 1 aromatic carbocycles. The Morgan fingerprint density at radius 3 is 2.59 bits per heavy atom. The molecule has 0 spiro atoms. The van der Waals surface area contributed by atoms with Crippen LogP contribution in [0.5, 0.6) is 0 Å².